The van der Waals surface area contributed by atoms with E-state index in [1.165, 1.54) is 0 Å². The summed E-state index contributed by atoms with van der Waals surface area (Å²) in [6, 6.07) is 0. The standard InChI is InChI=1S/C13H22O2.C2H4O2/c1-10(2)7-11(3)9(15-11)13(8-10)6-5-12(13,4)14;1-2(3)4/h9,14H,5-8H2,1-4H3;1H3,(H,3,4). The summed E-state index contributed by atoms with van der Waals surface area (Å²) in [6.45, 7) is 9.92. The van der Waals surface area contributed by atoms with Crippen LogP contribution in [0.3, 0.4) is 0 Å². The van der Waals surface area contributed by atoms with Gasteiger partial charge in [0, 0.05) is 12.3 Å². The van der Waals surface area contributed by atoms with Crippen molar-refractivity contribution >= 4 is 5.97 Å². The molecule has 1 aliphatic heterocycles. The molecule has 3 rings (SSSR count). The number of hydrogen-bond acceptors (Lipinski definition) is 3. The lowest BCUT2D eigenvalue weighted by atomic mass is 9.46. The van der Waals surface area contributed by atoms with E-state index in [4.69, 9.17) is 14.6 Å². The molecule has 2 N–H and O–H groups in total. The maximum atomic E-state index is 10.5. The van der Waals surface area contributed by atoms with Crippen molar-refractivity contribution in [2.75, 3.05) is 0 Å². The lowest BCUT2D eigenvalue weighted by Gasteiger charge is -2.59. The largest absolute Gasteiger partial charge is 0.481 e. The van der Waals surface area contributed by atoms with Gasteiger partial charge in [0.05, 0.1) is 17.3 Å². The third-order valence-electron chi connectivity index (χ3n) is 5.14. The molecule has 0 radical (unpaired) electrons. The van der Waals surface area contributed by atoms with Gasteiger partial charge in [0.25, 0.3) is 5.97 Å². The van der Waals surface area contributed by atoms with E-state index in [0.717, 1.165) is 32.6 Å². The third kappa shape index (κ3) is 2.29. The molecule has 4 nitrogen and oxygen atoms in total. The van der Waals surface area contributed by atoms with Crippen molar-refractivity contribution in [3.05, 3.63) is 0 Å². The Kier molecular flexibility index (Phi) is 3.08. The van der Waals surface area contributed by atoms with Gasteiger partial charge in [-0.25, -0.2) is 0 Å². The van der Waals surface area contributed by atoms with Crippen molar-refractivity contribution in [2.24, 2.45) is 10.8 Å². The first-order chi connectivity index (χ1) is 8.44. The number of carbonyl (C=O) groups is 1. The van der Waals surface area contributed by atoms with Crippen molar-refractivity contribution in [1.82, 2.24) is 0 Å². The third-order valence-corrected chi connectivity index (χ3v) is 5.14. The Labute approximate surface area is 115 Å². The quantitative estimate of drug-likeness (QED) is 0.664. The summed E-state index contributed by atoms with van der Waals surface area (Å²) in [5.74, 6) is -0.833. The van der Waals surface area contributed by atoms with E-state index in [-0.39, 0.29) is 11.0 Å². The first-order valence-corrected chi connectivity index (χ1v) is 7.04. The Hall–Kier alpha value is -0.610. The van der Waals surface area contributed by atoms with Crippen LogP contribution in [0.2, 0.25) is 0 Å². The first kappa shape index (κ1) is 14.8. The summed E-state index contributed by atoms with van der Waals surface area (Å²) < 4.78 is 5.93. The Balaban J connectivity index is 0.000000297. The Bertz CT molecular complexity index is 394. The van der Waals surface area contributed by atoms with Crippen molar-refractivity contribution < 1.29 is 19.7 Å². The zero-order valence-electron chi connectivity index (χ0n) is 12.6. The van der Waals surface area contributed by atoms with Gasteiger partial charge in [0.1, 0.15) is 0 Å². The summed E-state index contributed by atoms with van der Waals surface area (Å²) in [5, 5.41) is 17.9. The van der Waals surface area contributed by atoms with Crippen LogP contribution in [0, 0.1) is 10.8 Å². The zero-order valence-corrected chi connectivity index (χ0v) is 12.6. The molecule has 3 fully saturated rings. The Morgan fingerprint density at radius 1 is 1.16 bits per heavy atom. The highest BCUT2D eigenvalue weighted by Gasteiger charge is 2.75. The van der Waals surface area contributed by atoms with E-state index in [1.54, 1.807) is 0 Å². The number of carboxylic acid groups (broad SMARTS) is 1. The molecule has 19 heavy (non-hydrogen) atoms. The van der Waals surface area contributed by atoms with E-state index >= 15 is 0 Å². The molecule has 3 aliphatic rings. The highest BCUT2D eigenvalue weighted by Crippen LogP contribution is 2.71. The fourth-order valence-corrected chi connectivity index (χ4v) is 4.53. The van der Waals surface area contributed by atoms with Crippen LogP contribution >= 0.6 is 0 Å². The van der Waals surface area contributed by atoms with Crippen LogP contribution in [0.15, 0.2) is 0 Å². The fourth-order valence-electron chi connectivity index (χ4n) is 4.53. The number of hydrogen-bond donors (Lipinski definition) is 2. The first-order valence-electron chi connectivity index (χ1n) is 7.04. The molecule has 0 amide bonds. The van der Waals surface area contributed by atoms with Gasteiger partial charge in [0.15, 0.2) is 0 Å². The molecular weight excluding hydrogens is 244 g/mol. The van der Waals surface area contributed by atoms with Crippen LogP contribution in [0.25, 0.3) is 0 Å². The van der Waals surface area contributed by atoms with Crippen LogP contribution in [-0.2, 0) is 9.53 Å². The Morgan fingerprint density at radius 3 is 2.05 bits per heavy atom. The highest BCUT2D eigenvalue weighted by atomic mass is 16.6. The number of ether oxygens (including phenoxy) is 1. The molecule has 1 heterocycles. The van der Waals surface area contributed by atoms with Crippen molar-refractivity contribution in [1.29, 1.82) is 0 Å². The number of carboxylic acids is 1. The predicted molar refractivity (Wildman–Crippen MR) is 71.9 cm³/mol. The SMILES string of the molecule is CC(=O)O.CC1(C)CC2(C)OC2C2(CCC2(C)O)C1. The van der Waals surface area contributed by atoms with Gasteiger partial charge in [-0.3, -0.25) is 4.79 Å². The zero-order chi connectivity index (χ0) is 14.7. The second-order valence-electron chi connectivity index (χ2n) is 7.78. The van der Waals surface area contributed by atoms with Crippen molar-refractivity contribution in [3.63, 3.8) is 0 Å². The molecule has 110 valence electrons. The van der Waals surface area contributed by atoms with E-state index in [1.807, 2.05) is 6.92 Å². The van der Waals surface area contributed by atoms with E-state index in [9.17, 15) is 5.11 Å². The van der Waals surface area contributed by atoms with Crippen LogP contribution in [0.5, 0.6) is 0 Å². The average Bonchev–Trinajstić information content (AvgIpc) is 2.83. The highest BCUT2D eigenvalue weighted by molar-refractivity contribution is 5.62. The van der Waals surface area contributed by atoms with Gasteiger partial charge in [-0.2, -0.15) is 0 Å². The van der Waals surface area contributed by atoms with E-state index in [0.29, 0.717) is 11.5 Å². The van der Waals surface area contributed by atoms with E-state index in [2.05, 4.69) is 20.8 Å². The molecular formula is C15H26O4. The van der Waals surface area contributed by atoms with Gasteiger partial charge in [0.2, 0.25) is 0 Å². The van der Waals surface area contributed by atoms with Gasteiger partial charge in [-0.1, -0.05) is 13.8 Å². The van der Waals surface area contributed by atoms with Crippen LogP contribution in [0.1, 0.15) is 60.3 Å². The molecule has 1 saturated heterocycles. The van der Waals surface area contributed by atoms with Crippen LogP contribution in [-0.4, -0.2) is 33.5 Å². The Morgan fingerprint density at radius 2 is 1.68 bits per heavy atom. The molecule has 1 spiro atoms. The summed E-state index contributed by atoms with van der Waals surface area (Å²) >= 11 is 0. The van der Waals surface area contributed by atoms with Gasteiger partial charge in [-0.15, -0.1) is 0 Å². The molecule has 2 saturated carbocycles. The topological polar surface area (TPSA) is 70.1 Å². The summed E-state index contributed by atoms with van der Waals surface area (Å²) in [6.07, 6.45) is 4.67. The monoisotopic (exact) mass is 270 g/mol. The van der Waals surface area contributed by atoms with Gasteiger partial charge in [-0.05, 0) is 44.9 Å². The van der Waals surface area contributed by atoms with Gasteiger partial charge < -0.3 is 14.9 Å². The minimum Gasteiger partial charge on any atom is -0.481 e. The molecule has 0 bridgehead atoms. The molecule has 0 aromatic carbocycles. The fraction of sp³-hybridized carbons (Fsp3) is 0.933. The summed E-state index contributed by atoms with van der Waals surface area (Å²) in [4.78, 5) is 9.00. The number of epoxide rings is 1. The van der Waals surface area contributed by atoms with Crippen LogP contribution in [0.4, 0.5) is 0 Å². The minimum atomic E-state index is -0.833. The lowest BCUT2D eigenvalue weighted by molar-refractivity contribution is -0.188. The lowest BCUT2D eigenvalue weighted by Crippen LogP contribution is -2.63. The molecule has 2 aliphatic carbocycles. The number of fused-ring (bicyclic) bond motifs is 2. The molecule has 4 atom stereocenters. The van der Waals surface area contributed by atoms with Crippen molar-refractivity contribution in [3.8, 4) is 0 Å². The second kappa shape index (κ2) is 3.95. The predicted octanol–water partition coefficient (Wildman–Crippen LogP) is 2.59. The summed E-state index contributed by atoms with van der Waals surface area (Å²) in [7, 11) is 0. The normalized spacial score (nSPS) is 49.5. The maximum Gasteiger partial charge on any atom is 0.300 e. The van der Waals surface area contributed by atoms with Crippen LogP contribution < -0.4 is 0 Å². The van der Waals surface area contributed by atoms with E-state index < -0.39 is 11.6 Å². The molecule has 0 aromatic rings. The van der Waals surface area contributed by atoms with Gasteiger partial charge >= 0.3 is 0 Å². The minimum absolute atomic E-state index is 0.0590. The average molecular weight is 270 g/mol. The maximum absolute atomic E-state index is 10.5. The smallest absolute Gasteiger partial charge is 0.300 e. The number of aliphatic hydroxyl groups is 1. The number of rotatable bonds is 0. The molecule has 4 heteroatoms. The molecule has 0 aromatic heterocycles. The molecule has 4 unspecified atom stereocenters. The number of aliphatic carboxylic acids is 1. The van der Waals surface area contributed by atoms with Crippen molar-refractivity contribution in [2.45, 2.75) is 77.6 Å². The second-order valence-corrected chi connectivity index (χ2v) is 7.78. The summed E-state index contributed by atoms with van der Waals surface area (Å²) in [5.41, 5.74) is -0.0606.